The first-order valence-electron chi connectivity index (χ1n) is 4.11. The zero-order valence-corrected chi connectivity index (χ0v) is 6.80. The molecule has 1 aliphatic rings. The van der Waals surface area contributed by atoms with Gasteiger partial charge in [0.05, 0.1) is 0 Å². The van der Waals surface area contributed by atoms with Crippen LogP contribution >= 0.6 is 0 Å². The molecule has 1 aliphatic heterocycles. The molecule has 0 radical (unpaired) electrons. The third-order valence-corrected chi connectivity index (χ3v) is 1.67. The molecular weight excluding hydrogens is 144 g/mol. The van der Waals surface area contributed by atoms with Crippen molar-refractivity contribution in [2.24, 2.45) is 0 Å². The number of unbranched alkanes of at least 4 members (excludes halogenated alkanes) is 3. The summed E-state index contributed by atoms with van der Waals surface area (Å²) in [5.74, 6) is 0.558. The minimum Gasteiger partial charge on any atom is -0.505 e. The Labute approximate surface area is 66.5 Å². The Bertz CT molecular complexity index is 145. The maximum absolute atomic E-state index is 9.12. The van der Waals surface area contributed by atoms with E-state index in [0.717, 1.165) is 12.8 Å². The van der Waals surface area contributed by atoms with E-state index in [1.54, 1.807) is 0 Å². The first-order chi connectivity index (χ1) is 5.34. The molecule has 11 heavy (non-hydrogen) atoms. The zero-order valence-electron chi connectivity index (χ0n) is 6.80. The lowest BCUT2D eigenvalue weighted by atomic mass is 10.1. The van der Waals surface area contributed by atoms with Crippen molar-refractivity contribution in [3.63, 3.8) is 0 Å². The van der Waals surface area contributed by atoms with Crippen molar-refractivity contribution in [3.8, 4) is 0 Å². The highest BCUT2D eigenvalue weighted by Gasteiger charge is 2.24. The van der Waals surface area contributed by atoms with E-state index in [1.807, 2.05) is 0 Å². The molecule has 1 saturated heterocycles. The molecule has 0 bridgehead atoms. The van der Waals surface area contributed by atoms with Gasteiger partial charge in [-0.05, 0) is 6.42 Å². The van der Waals surface area contributed by atoms with E-state index in [0.29, 0.717) is 12.4 Å². The van der Waals surface area contributed by atoms with Gasteiger partial charge in [0.15, 0.2) is 5.76 Å². The molecule has 0 aromatic heterocycles. The molecule has 1 fully saturated rings. The van der Waals surface area contributed by atoms with E-state index < -0.39 is 0 Å². The minimum absolute atomic E-state index is 0.251. The molecular formula is C8H14O3. The third-order valence-electron chi connectivity index (χ3n) is 1.67. The monoisotopic (exact) mass is 158 g/mol. The molecule has 0 aliphatic carbocycles. The van der Waals surface area contributed by atoms with Crippen LogP contribution in [0.3, 0.4) is 0 Å². The van der Waals surface area contributed by atoms with Crippen LogP contribution in [0, 0.1) is 0 Å². The predicted molar refractivity (Wildman–Crippen MR) is 40.6 cm³/mol. The smallest absolute Gasteiger partial charge is 0.416 e. The Morgan fingerprint density at radius 2 is 2.00 bits per heavy atom. The lowest BCUT2D eigenvalue weighted by Gasteiger charge is -1.95. The van der Waals surface area contributed by atoms with Gasteiger partial charge in [0.25, 0.3) is 0 Å². The SMILES string of the molecule is CCCCCCC(O)=C1OO1. The van der Waals surface area contributed by atoms with Crippen LogP contribution in [0.2, 0.25) is 0 Å². The Hall–Kier alpha value is -0.860. The van der Waals surface area contributed by atoms with Crippen molar-refractivity contribution in [1.29, 1.82) is 0 Å². The molecule has 1 N–H and O–H groups in total. The van der Waals surface area contributed by atoms with Crippen LogP contribution in [0.25, 0.3) is 0 Å². The molecule has 1 heterocycles. The molecule has 1 rings (SSSR count). The molecule has 0 saturated carbocycles. The number of aliphatic hydroxyl groups excluding tert-OH is 1. The van der Waals surface area contributed by atoms with Crippen LogP contribution in [0.5, 0.6) is 0 Å². The van der Waals surface area contributed by atoms with Gasteiger partial charge in [-0.25, -0.2) is 9.78 Å². The summed E-state index contributed by atoms with van der Waals surface area (Å²) in [6.07, 6.45) is 5.29. The van der Waals surface area contributed by atoms with Crippen molar-refractivity contribution in [1.82, 2.24) is 0 Å². The van der Waals surface area contributed by atoms with Crippen LogP contribution in [0.1, 0.15) is 39.0 Å². The van der Waals surface area contributed by atoms with Gasteiger partial charge in [-0.3, -0.25) is 0 Å². The van der Waals surface area contributed by atoms with Crippen molar-refractivity contribution < 1.29 is 14.9 Å². The second kappa shape index (κ2) is 4.11. The van der Waals surface area contributed by atoms with Gasteiger partial charge in [-0.1, -0.05) is 26.2 Å². The van der Waals surface area contributed by atoms with E-state index in [-0.39, 0.29) is 5.76 Å². The normalized spacial score (nSPS) is 13.7. The molecule has 0 unspecified atom stereocenters. The van der Waals surface area contributed by atoms with Crippen LogP contribution in [-0.4, -0.2) is 5.11 Å². The number of rotatable bonds is 5. The second-order valence-electron chi connectivity index (χ2n) is 2.71. The standard InChI is InChI=1S/C8H14O3/c1-2-3-4-5-6-7(9)8-10-11-8/h9H,2-6H2,1H3. The molecule has 64 valence electrons. The summed E-state index contributed by atoms with van der Waals surface area (Å²) in [5.41, 5.74) is 0. The fourth-order valence-corrected chi connectivity index (χ4v) is 0.938. The van der Waals surface area contributed by atoms with Gasteiger partial charge in [0, 0.05) is 6.42 Å². The Morgan fingerprint density at radius 1 is 1.27 bits per heavy atom. The Balaban J connectivity index is 1.98. The van der Waals surface area contributed by atoms with Gasteiger partial charge in [-0.2, -0.15) is 0 Å². The molecule has 0 spiro atoms. The maximum atomic E-state index is 9.12. The van der Waals surface area contributed by atoms with Crippen molar-refractivity contribution in [2.45, 2.75) is 39.0 Å². The van der Waals surface area contributed by atoms with Crippen molar-refractivity contribution in [2.75, 3.05) is 0 Å². The maximum Gasteiger partial charge on any atom is 0.416 e. The molecule has 0 amide bonds. The Kier molecular flexibility index (Phi) is 3.08. The lowest BCUT2D eigenvalue weighted by Crippen LogP contribution is -1.82. The van der Waals surface area contributed by atoms with Crippen LogP contribution < -0.4 is 0 Å². The molecule has 0 aromatic rings. The Morgan fingerprint density at radius 3 is 2.55 bits per heavy atom. The molecule has 3 nitrogen and oxygen atoms in total. The van der Waals surface area contributed by atoms with Crippen LogP contribution in [0.15, 0.2) is 11.7 Å². The fraction of sp³-hybridized carbons (Fsp3) is 0.750. The van der Waals surface area contributed by atoms with E-state index in [2.05, 4.69) is 16.7 Å². The summed E-state index contributed by atoms with van der Waals surface area (Å²) >= 11 is 0. The number of aliphatic hydroxyl groups is 1. The number of allylic oxidation sites excluding steroid dienone is 1. The zero-order chi connectivity index (χ0) is 8.10. The first kappa shape index (κ1) is 8.24. The van der Waals surface area contributed by atoms with E-state index >= 15 is 0 Å². The lowest BCUT2D eigenvalue weighted by molar-refractivity contribution is 0.0850. The fourth-order valence-electron chi connectivity index (χ4n) is 0.938. The van der Waals surface area contributed by atoms with Crippen LogP contribution in [0.4, 0.5) is 0 Å². The third kappa shape index (κ3) is 3.16. The summed E-state index contributed by atoms with van der Waals surface area (Å²) in [7, 11) is 0. The van der Waals surface area contributed by atoms with Gasteiger partial charge in [0.1, 0.15) is 0 Å². The van der Waals surface area contributed by atoms with Gasteiger partial charge in [0.2, 0.25) is 0 Å². The van der Waals surface area contributed by atoms with E-state index in [4.69, 9.17) is 5.11 Å². The van der Waals surface area contributed by atoms with Gasteiger partial charge < -0.3 is 5.11 Å². The summed E-state index contributed by atoms with van der Waals surface area (Å²) in [6.45, 7) is 2.16. The molecule has 0 atom stereocenters. The minimum atomic E-state index is 0.251. The number of hydrogen-bond donors (Lipinski definition) is 1. The highest BCUT2D eigenvalue weighted by molar-refractivity contribution is 4.95. The number of hydrogen-bond acceptors (Lipinski definition) is 3. The topological polar surface area (TPSA) is 45.3 Å². The van der Waals surface area contributed by atoms with Gasteiger partial charge >= 0.3 is 5.95 Å². The second-order valence-corrected chi connectivity index (χ2v) is 2.71. The first-order valence-corrected chi connectivity index (χ1v) is 4.11. The van der Waals surface area contributed by atoms with Crippen LogP contribution in [-0.2, 0) is 9.78 Å². The molecule has 3 heteroatoms. The highest BCUT2D eigenvalue weighted by atomic mass is 17.4. The van der Waals surface area contributed by atoms with E-state index in [1.165, 1.54) is 12.8 Å². The average Bonchev–Trinajstić information content (AvgIpc) is 2.79. The summed E-state index contributed by atoms with van der Waals surface area (Å²) in [5, 5.41) is 9.12. The van der Waals surface area contributed by atoms with Crippen molar-refractivity contribution in [3.05, 3.63) is 11.7 Å². The summed E-state index contributed by atoms with van der Waals surface area (Å²) < 4.78 is 0. The molecule has 0 aromatic carbocycles. The summed E-state index contributed by atoms with van der Waals surface area (Å²) in [4.78, 5) is 8.71. The highest BCUT2D eigenvalue weighted by Crippen LogP contribution is 2.23. The summed E-state index contributed by atoms with van der Waals surface area (Å²) in [6, 6.07) is 0. The van der Waals surface area contributed by atoms with E-state index in [9.17, 15) is 0 Å². The van der Waals surface area contributed by atoms with Gasteiger partial charge in [-0.15, -0.1) is 0 Å². The quantitative estimate of drug-likeness (QED) is 0.289. The predicted octanol–water partition coefficient (Wildman–Crippen LogP) is 2.65. The largest absolute Gasteiger partial charge is 0.505 e. The average molecular weight is 158 g/mol. The van der Waals surface area contributed by atoms with Crippen molar-refractivity contribution >= 4 is 0 Å².